The van der Waals surface area contributed by atoms with Gasteiger partial charge in [0, 0.05) is 5.38 Å². The summed E-state index contributed by atoms with van der Waals surface area (Å²) in [4.78, 5) is 26.5. The van der Waals surface area contributed by atoms with E-state index in [0.717, 1.165) is 0 Å². The van der Waals surface area contributed by atoms with Crippen molar-refractivity contribution in [1.29, 1.82) is 0 Å². The summed E-state index contributed by atoms with van der Waals surface area (Å²) in [6.07, 6.45) is 0. The average molecular weight is 253 g/mol. The van der Waals surface area contributed by atoms with Gasteiger partial charge in [-0.25, -0.2) is 4.98 Å². The van der Waals surface area contributed by atoms with E-state index in [2.05, 4.69) is 10.3 Å². The molecule has 0 aliphatic heterocycles. The first kappa shape index (κ1) is 10.8. The third kappa shape index (κ3) is 2.10. The third-order valence-corrected chi connectivity index (χ3v) is 3.24. The maximum atomic E-state index is 11.6. The van der Waals surface area contributed by atoms with Crippen molar-refractivity contribution in [3.8, 4) is 0 Å². The molecule has 82 valence electrons. The zero-order valence-corrected chi connectivity index (χ0v) is 9.60. The monoisotopic (exact) mass is 253 g/mol. The Bertz CT molecular complexity index is 519. The lowest BCUT2D eigenvalue weighted by atomic mass is 10.3. The Morgan fingerprint density at radius 1 is 1.44 bits per heavy atom. The quantitative estimate of drug-likeness (QED) is 0.870. The van der Waals surface area contributed by atoms with Crippen molar-refractivity contribution in [3.05, 3.63) is 33.6 Å². The molecule has 0 fully saturated rings. The molecule has 0 saturated carbocycles. The highest BCUT2D eigenvalue weighted by atomic mass is 32.1. The maximum Gasteiger partial charge on any atom is 0.275 e. The highest BCUT2D eigenvalue weighted by Crippen LogP contribution is 2.23. The van der Waals surface area contributed by atoms with Gasteiger partial charge in [-0.05, 0) is 11.4 Å². The number of nitrogens with two attached hydrogens (primary N) is 1. The number of carbonyl (C=O) groups is 2. The number of primary amides is 1. The first-order valence-corrected chi connectivity index (χ1v) is 6.07. The van der Waals surface area contributed by atoms with Crippen LogP contribution < -0.4 is 11.1 Å². The molecule has 16 heavy (non-hydrogen) atoms. The molecule has 2 heterocycles. The molecule has 0 aliphatic rings. The van der Waals surface area contributed by atoms with Crippen LogP contribution in [0.3, 0.4) is 0 Å². The van der Waals surface area contributed by atoms with Gasteiger partial charge in [-0.2, -0.15) is 0 Å². The Labute approximate surface area is 98.9 Å². The fourth-order valence-corrected chi connectivity index (χ4v) is 2.41. The van der Waals surface area contributed by atoms with Gasteiger partial charge in [0.05, 0.1) is 11.1 Å². The van der Waals surface area contributed by atoms with Crippen molar-refractivity contribution in [2.75, 3.05) is 5.32 Å². The summed E-state index contributed by atoms with van der Waals surface area (Å²) in [7, 11) is 0. The van der Waals surface area contributed by atoms with Crippen LogP contribution in [0.5, 0.6) is 0 Å². The molecule has 0 saturated heterocycles. The van der Waals surface area contributed by atoms with Gasteiger partial charge in [0.2, 0.25) is 0 Å². The van der Waals surface area contributed by atoms with Crippen molar-refractivity contribution in [2.24, 2.45) is 5.73 Å². The Morgan fingerprint density at radius 2 is 2.25 bits per heavy atom. The Hall–Kier alpha value is -1.73. The van der Waals surface area contributed by atoms with E-state index in [0.29, 0.717) is 16.3 Å². The fourth-order valence-electron chi connectivity index (χ4n) is 1.09. The number of amides is 2. The largest absolute Gasteiger partial charge is 0.366 e. The van der Waals surface area contributed by atoms with Gasteiger partial charge in [0.15, 0.2) is 0 Å². The molecule has 2 aromatic heterocycles. The molecular formula is C9H7N3O2S2. The number of hydrogen-bond donors (Lipinski definition) is 2. The SMILES string of the molecule is NC(=O)c1ccsc1NC(=O)c1cscn1. The zero-order valence-electron chi connectivity index (χ0n) is 7.97. The first-order valence-electron chi connectivity index (χ1n) is 4.25. The summed E-state index contributed by atoms with van der Waals surface area (Å²) in [5.74, 6) is -0.902. The van der Waals surface area contributed by atoms with Crippen molar-refractivity contribution >= 4 is 39.5 Å². The van der Waals surface area contributed by atoms with Crippen LogP contribution in [0.2, 0.25) is 0 Å². The topological polar surface area (TPSA) is 85.1 Å². The minimum Gasteiger partial charge on any atom is -0.366 e. The van der Waals surface area contributed by atoms with Gasteiger partial charge < -0.3 is 11.1 Å². The normalized spacial score (nSPS) is 10.0. The van der Waals surface area contributed by atoms with E-state index in [1.807, 2.05) is 0 Å². The fraction of sp³-hybridized carbons (Fsp3) is 0. The van der Waals surface area contributed by atoms with E-state index in [4.69, 9.17) is 5.73 Å². The number of anilines is 1. The number of rotatable bonds is 3. The Balaban J connectivity index is 2.18. The van der Waals surface area contributed by atoms with Crippen LogP contribution >= 0.6 is 22.7 Å². The van der Waals surface area contributed by atoms with E-state index in [1.54, 1.807) is 22.3 Å². The van der Waals surface area contributed by atoms with Crippen molar-refractivity contribution in [2.45, 2.75) is 0 Å². The predicted octanol–water partition coefficient (Wildman–Crippen LogP) is 1.56. The van der Waals surface area contributed by atoms with Gasteiger partial charge >= 0.3 is 0 Å². The van der Waals surface area contributed by atoms with Crippen LogP contribution in [0.1, 0.15) is 20.8 Å². The number of thiazole rings is 1. The molecule has 0 atom stereocenters. The second kappa shape index (κ2) is 4.42. The minimum atomic E-state index is -0.560. The van der Waals surface area contributed by atoms with E-state index in [9.17, 15) is 9.59 Å². The summed E-state index contributed by atoms with van der Waals surface area (Å²) in [6.45, 7) is 0. The lowest BCUT2D eigenvalue weighted by Gasteiger charge is -2.01. The highest BCUT2D eigenvalue weighted by Gasteiger charge is 2.14. The molecule has 5 nitrogen and oxygen atoms in total. The second-order valence-corrected chi connectivity index (χ2v) is 4.49. The summed E-state index contributed by atoms with van der Waals surface area (Å²) in [6, 6.07) is 1.57. The molecule has 2 aromatic rings. The summed E-state index contributed by atoms with van der Waals surface area (Å²) < 4.78 is 0. The second-order valence-electron chi connectivity index (χ2n) is 2.86. The molecule has 0 aliphatic carbocycles. The van der Waals surface area contributed by atoms with Crippen molar-refractivity contribution < 1.29 is 9.59 Å². The molecule has 7 heteroatoms. The Kier molecular flexibility index (Phi) is 2.97. The smallest absolute Gasteiger partial charge is 0.275 e. The van der Waals surface area contributed by atoms with Gasteiger partial charge in [0.1, 0.15) is 10.7 Å². The van der Waals surface area contributed by atoms with Crippen LogP contribution in [-0.4, -0.2) is 16.8 Å². The molecule has 2 amide bonds. The standard InChI is InChI=1S/C9H7N3O2S2/c10-7(13)5-1-2-16-9(5)12-8(14)6-3-15-4-11-6/h1-4H,(H2,10,13)(H,12,14). The lowest BCUT2D eigenvalue weighted by Crippen LogP contribution is -2.16. The molecule has 0 spiro atoms. The summed E-state index contributed by atoms with van der Waals surface area (Å²) >= 11 is 2.58. The van der Waals surface area contributed by atoms with Crippen molar-refractivity contribution in [1.82, 2.24) is 4.98 Å². The van der Waals surface area contributed by atoms with Gasteiger partial charge in [-0.15, -0.1) is 22.7 Å². The van der Waals surface area contributed by atoms with Crippen LogP contribution in [0.25, 0.3) is 0 Å². The lowest BCUT2D eigenvalue weighted by molar-refractivity contribution is 0.100. The number of carbonyl (C=O) groups excluding carboxylic acids is 2. The van der Waals surface area contributed by atoms with E-state index in [1.165, 1.54) is 22.7 Å². The number of hydrogen-bond acceptors (Lipinski definition) is 5. The van der Waals surface area contributed by atoms with E-state index < -0.39 is 5.91 Å². The molecule has 0 bridgehead atoms. The minimum absolute atomic E-state index is 0.313. The van der Waals surface area contributed by atoms with Gasteiger partial charge in [-0.1, -0.05) is 0 Å². The van der Waals surface area contributed by atoms with Crippen LogP contribution in [-0.2, 0) is 0 Å². The Morgan fingerprint density at radius 3 is 2.88 bits per heavy atom. The molecular weight excluding hydrogens is 246 g/mol. The highest BCUT2D eigenvalue weighted by molar-refractivity contribution is 7.14. The summed E-state index contributed by atoms with van der Waals surface area (Å²) in [5.41, 5.74) is 7.37. The number of aromatic nitrogens is 1. The maximum absolute atomic E-state index is 11.6. The first-order chi connectivity index (χ1) is 7.68. The molecule has 0 unspecified atom stereocenters. The van der Waals surface area contributed by atoms with Crippen LogP contribution in [0.4, 0.5) is 5.00 Å². The molecule has 2 rings (SSSR count). The number of thiophene rings is 1. The molecule has 3 N–H and O–H groups in total. The van der Waals surface area contributed by atoms with Crippen molar-refractivity contribution in [3.63, 3.8) is 0 Å². The third-order valence-electron chi connectivity index (χ3n) is 1.82. The summed E-state index contributed by atoms with van der Waals surface area (Å²) in [5, 5.41) is 6.37. The van der Waals surface area contributed by atoms with Gasteiger partial charge in [0.25, 0.3) is 11.8 Å². The van der Waals surface area contributed by atoms with E-state index >= 15 is 0 Å². The zero-order chi connectivity index (χ0) is 11.5. The number of nitrogens with one attached hydrogen (secondary N) is 1. The van der Waals surface area contributed by atoms with Crippen LogP contribution in [0, 0.1) is 0 Å². The number of nitrogens with zero attached hydrogens (tertiary/aromatic N) is 1. The van der Waals surface area contributed by atoms with Gasteiger partial charge in [-0.3, -0.25) is 9.59 Å². The molecule has 0 aromatic carbocycles. The molecule has 0 radical (unpaired) electrons. The van der Waals surface area contributed by atoms with Crippen LogP contribution in [0.15, 0.2) is 22.3 Å². The predicted molar refractivity (Wildman–Crippen MR) is 62.9 cm³/mol. The average Bonchev–Trinajstić information content (AvgIpc) is 2.86. The van der Waals surface area contributed by atoms with E-state index in [-0.39, 0.29) is 5.91 Å².